The smallest absolute Gasteiger partial charge is 0.141 e. The molecule has 2 nitrogen and oxygen atoms in total. The van der Waals surface area contributed by atoms with E-state index in [4.69, 9.17) is 21.6 Å². The highest BCUT2D eigenvalue weighted by atomic mass is 35.5. The molecule has 4 heteroatoms. The molecule has 0 fully saturated rings. The summed E-state index contributed by atoms with van der Waals surface area (Å²) >= 11 is 6.01. The first-order valence-corrected chi connectivity index (χ1v) is 6.70. The van der Waals surface area contributed by atoms with E-state index in [0.717, 1.165) is 18.4 Å². The molecule has 1 aliphatic carbocycles. The van der Waals surface area contributed by atoms with Crippen LogP contribution in [0.1, 0.15) is 29.2 Å². The number of rotatable bonds is 2. The highest BCUT2D eigenvalue weighted by Gasteiger charge is 2.24. The fraction of sp³-hybridized carbons (Fsp3) is 0.188. The van der Waals surface area contributed by atoms with Crippen LogP contribution in [0.2, 0.25) is 5.02 Å². The van der Waals surface area contributed by atoms with Crippen LogP contribution in [0.25, 0.3) is 0 Å². The maximum absolute atomic E-state index is 13.3. The number of nitrogens with zero attached hydrogens (tertiary/aromatic N) is 1. The van der Waals surface area contributed by atoms with Crippen molar-refractivity contribution in [2.24, 2.45) is 0 Å². The molecule has 0 saturated heterocycles. The zero-order valence-corrected chi connectivity index (χ0v) is 11.3. The largest absolute Gasteiger partial charge is 0.486 e. The van der Waals surface area contributed by atoms with E-state index >= 15 is 0 Å². The van der Waals surface area contributed by atoms with Crippen LogP contribution in [0.5, 0.6) is 5.75 Å². The zero-order chi connectivity index (χ0) is 14.1. The average molecular weight is 288 g/mol. The van der Waals surface area contributed by atoms with Crippen molar-refractivity contribution in [3.05, 3.63) is 63.9 Å². The molecule has 1 unspecified atom stereocenters. The van der Waals surface area contributed by atoms with Crippen molar-refractivity contribution in [1.82, 2.24) is 0 Å². The molecule has 1 atom stereocenters. The van der Waals surface area contributed by atoms with Crippen molar-refractivity contribution < 1.29 is 9.13 Å². The van der Waals surface area contributed by atoms with E-state index in [2.05, 4.69) is 0 Å². The van der Waals surface area contributed by atoms with Crippen LogP contribution in [0, 0.1) is 17.1 Å². The Bertz CT molecular complexity index is 708. The van der Waals surface area contributed by atoms with E-state index in [1.54, 1.807) is 6.07 Å². The fourth-order valence-electron chi connectivity index (χ4n) is 2.49. The quantitative estimate of drug-likeness (QED) is 0.819. The van der Waals surface area contributed by atoms with Gasteiger partial charge in [0.2, 0.25) is 0 Å². The Kier molecular flexibility index (Phi) is 3.33. The molecule has 100 valence electrons. The number of nitriles is 1. The minimum Gasteiger partial charge on any atom is -0.486 e. The van der Waals surface area contributed by atoms with Gasteiger partial charge in [0, 0.05) is 11.1 Å². The monoisotopic (exact) mass is 287 g/mol. The van der Waals surface area contributed by atoms with Crippen LogP contribution < -0.4 is 4.74 Å². The highest BCUT2D eigenvalue weighted by molar-refractivity contribution is 6.30. The molecule has 3 rings (SSSR count). The van der Waals surface area contributed by atoms with Crippen LogP contribution >= 0.6 is 11.6 Å². The molecule has 0 bridgehead atoms. The summed E-state index contributed by atoms with van der Waals surface area (Å²) in [7, 11) is 0. The van der Waals surface area contributed by atoms with Crippen molar-refractivity contribution >= 4 is 11.6 Å². The van der Waals surface area contributed by atoms with Gasteiger partial charge in [-0.1, -0.05) is 17.7 Å². The molecular formula is C16H11ClFNO. The first-order valence-electron chi connectivity index (χ1n) is 6.32. The third-order valence-electron chi connectivity index (χ3n) is 3.47. The normalized spacial score (nSPS) is 16.6. The van der Waals surface area contributed by atoms with E-state index in [1.807, 2.05) is 24.3 Å². The molecule has 0 spiro atoms. The number of hydrogen-bond donors (Lipinski definition) is 0. The summed E-state index contributed by atoms with van der Waals surface area (Å²) in [5.74, 6) is -0.0320. The van der Waals surface area contributed by atoms with Gasteiger partial charge in [0.15, 0.2) is 0 Å². The molecule has 0 aliphatic heterocycles. The number of ether oxygens (including phenoxy) is 1. The second-order valence-electron chi connectivity index (χ2n) is 4.74. The van der Waals surface area contributed by atoms with Crippen LogP contribution in [0.4, 0.5) is 4.39 Å². The summed E-state index contributed by atoms with van der Waals surface area (Å²) in [5.41, 5.74) is 2.29. The van der Waals surface area contributed by atoms with Crippen LogP contribution in [-0.4, -0.2) is 0 Å². The summed E-state index contributed by atoms with van der Waals surface area (Å²) in [6.07, 6.45) is 1.69. The highest BCUT2D eigenvalue weighted by Crippen LogP contribution is 2.36. The number of benzene rings is 2. The Morgan fingerprint density at radius 3 is 2.90 bits per heavy atom. The molecular weight excluding hydrogens is 277 g/mol. The van der Waals surface area contributed by atoms with E-state index in [9.17, 15) is 4.39 Å². The number of halogens is 2. The minimum absolute atomic E-state index is 0.00758. The second kappa shape index (κ2) is 5.15. The predicted molar refractivity (Wildman–Crippen MR) is 74.3 cm³/mol. The van der Waals surface area contributed by atoms with Gasteiger partial charge in [0.05, 0.1) is 5.56 Å². The van der Waals surface area contributed by atoms with Crippen LogP contribution in [0.15, 0.2) is 36.4 Å². The number of aryl methyl sites for hydroxylation is 1. The second-order valence-corrected chi connectivity index (χ2v) is 5.18. The van der Waals surface area contributed by atoms with Crippen molar-refractivity contribution in [3.8, 4) is 11.8 Å². The first kappa shape index (κ1) is 13.0. The van der Waals surface area contributed by atoms with Gasteiger partial charge in [0.25, 0.3) is 0 Å². The van der Waals surface area contributed by atoms with Gasteiger partial charge >= 0.3 is 0 Å². The Hall–Kier alpha value is -2.05. The Balaban J connectivity index is 1.87. The minimum atomic E-state index is -0.533. The third kappa shape index (κ3) is 2.35. The van der Waals surface area contributed by atoms with Crippen LogP contribution in [-0.2, 0) is 6.42 Å². The van der Waals surface area contributed by atoms with Gasteiger partial charge in [-0.05, 0) is 48.2 Å². The van der Waals surface area contributed by atoms with Crippen molar-refractivity contribution in [2.75, 3.05) is 0 Å². The van der Waals surface area contributed by atoms with Gasteiger partial charge < -0.3 is 4.74 Å². The van der Waals surface area contributed by atoms with Crippen molar-refractivity contribution in [3.63, 3.8) is 0 Å². The maximum atomic E-state index is 13.3. The van der Waals surface area contributed by atoms with Gasteiger partial charge in [-0.2, -0.15) is 5.26 Å². The molecule has 0 amide bonds. The van der Waals surface area contributed by atoms with Gasteiger partial charge in [0.1, 0.15) is 23.7 Å². The number of fused-ring (bicyclic) bond motifs is 1. The molecule has 2 aromatic carbocycles. The van der Waals surface area contributed by atoms with Crippen LogP contribution in [0.3, 0.4) is 0 Å². The molecule has 0 radical (unpaired) electrons. The summed E-state index contributed by atoms with van der Waals surface area (Å²) in [6, 6.07) is 11.8. The van der Waals surface area contributed by atoms with Gasteiger partial charge in [-0.3, -0.25) is 0 Å². The molecule has 0 saturated carbocycles. The Morgan fingerprint density at radius 1 is 1.25 bits per heavy atom. The third-order valence-corrected chi connectivity index (χ3v) is 3.70. The molecule has 0 N–H and O–H groups in total. The van der Waals surface area contributed by atoms with E-state index in [0.29, 0.717) is 10.8 Å². The average Bonchev–Trinajstić information content (AvgIpc) is 2.83. The Morgan fingerprint density at radius 2 is 2.10 bits per heavy atom. The lowest BCUT2D eigenvalue weighted by molar-refractivity contribution is 0.207. The summed E-state index contributed by atoms with van der Waals surface area (Å²) < 4.78 is 19.2. The van der Waals surface area contributed by atoms with Gasteiger partial charge in [-0.15, -0.1) is 0 Å². The SMILES string of the molecule is N#Cc1cc(OC2CCc3ccc(Cl)cc32)ccc1F. The summed E-state index contributed by atoms with van der Waals surface area (Å²) in [5, 5.41) is 9.51. The zero-order valence-electron chi connectivity index (χ0n) is 10.6. The van der Waals surface area contributed by atoms with E-state index in [1.165, 1.54) is 17.7 Å². The molecule has 2 aromatic rings. The van der Waals surface area contributed by atoms with Crippen molar-refractivity contribution in [2.45, 2.75) is 18.9 Å². The molecule has 20 heavy (non-hydrogen) atoms. The summed E-state index contributed by atoms with van der Waals surface area (Å²) in [4.78, 5) is 0. The predicted octanol–water partition coefficient (Wildman–Crippen LogP) is 4.42. The number of hydrogen-bond acceptors (Lipinski definition) is 2. The lowest BCUT2D eigenvalue weighted by Gasteiger charge is -2.15. The lowest BCUT2D eigenvalue weighted by Crippen LogP contribution is -2.04. The maximum Gasteiger partial charge on any atom is 0.141 e. The Labute approximate surface area is 121 Å². The van der Waals surface area contributed by atoms with E-state index < -0.39 is 5.82 Å². The standard InChI is InChI=1S/C16H11ClFNO/c17-12-3-1-10-2-6-16(14(10)8-12)20-13-4-5-15(18)11(7-13)9-19/h1,3-5,7-8,16H,2,6H2. The summed E-state index contributed by atoms with van der Waals surface area (Å²) in [6.45, 7) is 0. The van der Waals surface area contributed by atoms with Crippen molar-refractivity contribution in [1.29, 1.82) is 5.26 Å². The van der Waals surface area contributed by atoms with E-state index in [-0.39, 0.29) is 11.7 Å². The molecule has 1 aliphatic rings. The molecule has 0 heterocycles. The lowest BCUT2D eigenvalue weighted by atomic mass is 10.1. The topological polar surface area (TPSA) is 33.0 Å². The molecule has 0 aromatic heterocycles. The van der Waals surface area contributed by atoms with Gasteiger partial charge in [-0.25, -0.2) is 4.39 Å². The fourth-order valence-corrected chi connectivity index (χ4v) is 2.67. The first-order chi connectivity index (χ1) is 9.67.